The molecule has 20 heavy (non-hydrogen) atoms. The summed E-state index contributed by atoms with van der Waals surface area (Å²) in [5.74, 6) is -0.755. The van der Waals surface area contributed by atoms with Crippen LogP contribution in [0.1, 0.15) is 12.8 Å². The Morgan fingerprint density at radius 2 is 1.90 bits per heavy atom. The summed E-state index contributed by atoms with van der Waals surface area (Å²) < 4.78 is 10.4. The first-order valence-corrected chi connectivity index (χ1v) is 6.82. The highest BCUT2D eigenvalue weighted by Crippen LogP contribution is 2.13. The van der Waals surface area contributed by atoms with Gasteiger partial charge in [-0.3, -0.25) is 4.79 Å². The maximum Gasteiger partial charge on any atom is 0.303 e. The van der Waals surface area contributed by atoms with Crippen molar-refractivity contribution < 1.29 is 19.4 Å². The number of nitrogens with zero attached hydrogens (tertiary/aromatic N) is 1. The van der Waals surface area contributed by atoms with E-state index in [0.717, 1.165) is 12.2 Å². The topological polar surface area (TPSA) is 59.0 Å². The molecule has 0 bridgehead atoms. The lowest BCUT2D eigenvalue weighted by Gasteiger charge is -2.24. The first kappa shape index (κ1) is 16.5. The fourth-order valence-corrected chi connectivity index (χ4v) is 1.85. The molecule has 1 N–H and O–H groups in total. The van der Waals surface area contributed by atoms with Crippen molar-refractivity contribution in [3.05, 3.63) is 30.3 Å². The van der Waals surface area contributed by atoms with E-state index >= 15 is 0 Å². The Morgan fingerprint density at radius 1 is 1.15 bits per heavy atom. The normalized spacial score (nSPS) is 10.4. The summed E-state index contributed by atoms with van der Waals surface area (Å²) in [6.45, 7) is 3.22. The van der Waals surface area contributed by atoms with Crippen molar-refractivity contribution in [1.82, 2.24) is 0 Å². The number of anilines is 1. The first-order chi connectivity index (χ1) is 9.74. The number of methoxy groups -OCH3 is 1. The van der Waals surface area contributed by atoms with Crippen molar-refractivity contribution >= 4 is 11.7 Å². The van der Waals surface area contributed by atoms with Gasteiger partial charge in [0.05, 0.1) is 19.8 Å². The van der Waals surface area contributed by atoms with Crippen LogP contribution in [0.2, 0.25) is 0 Å². The number of aliphatic carboxylic acids is 1. The minimum absolute atomic E-state index is 0.188. The maximum absolute atomic E-state index is 10.6. The van der Waals surface area contributed by atoms with E-state index in [4.69, 9.17) is 14.6 Å². The Morgan fingerprint density at radius 3 is 2.55 bits per heavy atom. The number of rotatable bonds is 11. The third-order valence-electron chi connectivity index (χ3n) is 2.88. The largest absolute Gasteiger partial charge is 0.481 e. The summed E-state index contributed by atoms with van der Waals surface area (Å²) in [6, 6.07) is 9.97. The van der Waals surface area contributed by atoms with Crippen LogP contribution >= 0.6 is 0 Å². The molecular weight excluding hydrogens is 258 g/mol. The number of hydrogen-bond donors (Lipinski definition) is 1. The van der Waals surface area contributed by atoms with Crippen molar-refractivity contribution in [2.24, 2.45) is 0 Å². The number of ether oxygens (including phenoxy) is 2. The quantitative estimate of drug-likeness (QED) is 0.629. The second kappa shape index (κ2) is 10.2. The number of benzene rings is 1. The van der Waals surface area contributed by atoms with E-state index in [0.29, 0.717) is 32.8 Å². The van der Waals surface area contributed by atoms with Gasteiger partial charge in [-0.15, -0.1) is 0 Å². The average Bonchev–Trinajstić information content (AvgIpc) is 2.46. The van der Waals surface area contributed by atoms with Gasteiger partial charge in [0.25, 0.3) is 0 Å². The third kappa shape index (κ3) is 7.11. The molecule has 0 saturated heterocycles. The van der Waals surface area contributed by atoms with E-state index in [-0.39, 0.29) is 6.42 Å². The first-order valence-electron chi connectivity index (χ1n) is 6.82. The molecule has 0 aliphatic rings. The number of para-hydroxylation sites is 1. The lowest BCUT2D eigenvalue weighted by Crippen LogP contribution is -2.29. The van der Waals surface area contributed by atoms with E-state index in [1.54, 1.807) is 7.11 Å². The van der Waals surface area contributed by atoms with Gasteiger partial charge >= 0.3 is 5.97 Å². The summed E-state index contributed by atoms with van der Waals surface area (Å²) in [5.41, 5.74) is 1.09. The molecule has 0 aromatic heterocycles. The van der Waals surface area contributed by atoms with Crippen LogP contribution in [0.25, 0.3) is 0 Å². The predicted molar refractivity (Wildman–Crippen MR) is 78.2 cm³/mol. The Kier molecular flexibility index (Phi) is 8.42. The Labute approximate surface area is 120 Å². The molecule has 0 atom stereocenters. The van der Waals surface area contributed by atoms with Crippen molar-refractivity contribution in [2.75, 3.05) is 44.9 Å². The molecular formula is C15H23NO4. The van der Waals surface area contributed by atoms with Gasteiger partial charge in [-0.2, -0.15) is 0 Å². The molecule has 0 amide bonds. The predicted octanol–water partition coefficient (Wildman–Crippen LogP) is 2.02. The van der Waals surface area contributed by atoms with Crippen LogP contribution in [-0.2, 0) is 14.3 Å². The van der Waals surface area contributed by atoms with Crippen LogP contribution in [0.4, 0.5) is 5.69 Å². The minimum Gasteiger partial charge on any atom is -0.481 e. The smallest absolute Gasteiger partial charge is 0.303 e. The average molecular weight is 281 g/mol. The van der Waals surface area contributed by atoms with E-state index in [2.05, 4.69) is 4.90 Å². The molecule has 0 spiro atoms. The Bertz CT molecular complexity index is 369. The molecule has 5 nitrogen and oxygen atoms in total. The van der Waals surface area contributed by atoms with Crippen LogP contribution in [-0.4, -0.2) is 51.1 Å². The molecule has 1 rings (SSSR count). The van der Waals surface area contributed by atoms with E-state index in [1.165, 1.54) is 0 Å². The molecule has 0 heterocycles. The Balaban J connectivity index is 2.41. The van der Waals surface area contributed by atoms with Crippen molar-refractivity contribution in [3.8, 4) is 0 Å². The maximum atomic E-state index is 10.6. The van der Waals surface area contributed by atoms with Gasteiger partial charge in [0.2, 0.25) is 0 Å². The van der Waals surface area contributed by atoms with Gasteiger partial charge in [0, 0.05) is 32.3 Å². The fraction of sp³-hybridized carbons (Fsp3) is 0.533. The van der Waals surface area contributed by atoms with Crippen LogP contribution < -0.4 is 4.90 Å². The van der Waals surface area contributed by atoms with Gasteiger partial charge in [0.15, 0.2) is 0 Å². The number of carbonyl (C=O) groups is 1. The van der Waals surface area contributed by atoms with Crippen LogP contribution in [0.5, 0.6) is 0 Å². The highest BCUT2D eigenvalue weighted by Gasteiger charge is 2.07. The van der Waals surface area contributed by atoms with Crippen LogP contribution in [0.3, 0.4) is 0 Å². The van der Waals surface area contributed by atoms with Gasteiger partial charge in [-0.1, -0.05) is 18.2 Å². The summed E-state index contributed by atoms with van der Waals surface area (Å²) in [4.78, 5) is 12.7. The molecule has 1 aromatic rings. The Hall–Kier alpha value is -1.59. The van der Waals surface area contributed by atoms with Crippen molar-refractivity contribution in [1.29, 1.82) is 0 Å². The monoisotopic (exact) mass is 281 g/mol. The SMILES string of the molecule is COCCOCCN(CCCC(=O)O)c1ccccc1. The van der Waals surface area contributed by atoms with Gasteiger partial charge in [-0.05, 0) is 18.6 Å². The summed E-state index contributed by atoms with van der Waals surface area (Å²) in [7, 11) is 1.64. The standard InChI is InChI=1S/C15H23NO4/c1-19-12-13-20-11-10-16(9-5-8-15(17)18)14-6-3-2-4-7-14/h2-4,6-7H,5,8-13H2,1H3,(H,17,18). The molecule has 112 valence electrons. The molecule has 0 aliphatic heterocycles. The number of hydrogen-bond acceptors (Lipinski definition) is 4. The van der Waals surface area contributed by atoms with Crippen LogP contribution in [0.15, 0.2) is 30.3 Å². The zero-order chi connectivity index (χ0) is 14.6. The molecule has 0 aliphatic carbocycles. The summed E-state index contributed by atoms with van der Waals surface area (Å²) in [5, 5.41) is 8.71. The third-order valence-corrected chi connectivity index (χ3v) is 2.88. The molecule has 0 fully saturated rings. The highest BCUT2D eigenvalue weighted by atomic mass is 16.5. The van der Waals surface area contributed by atoms with Gasteiger partial charge in [0.1, 0.15) is 0 Å². The highest BCUT2D eigenvalue weighted by molar-refractivity contribution is 5.66. The van der Waals surface area contributed by atoms with E-state index in [9.17, 15) is 4.79 Å². The molecule has 0 saturated carbocycles. The molecule has 0 unspecified atom stereocenters. The second-order valence-electron chi connectivity index (χ2n) is 4.43. The zero-order valence-electron chi connectivity index (χ0n) is 12.0. The minimum atomic E-state index is -0.755. The van der Waals surface area contributed by atoms with Gasteiger partial charge in [-0.25, -0.2) is 0 Å². The number of carboxylic acids is 1. The lowest BCUT2D eigenvalue weighted by atomic mass is 10.2. The molecule has 1 aromatic carbocycles. The van der Waals surface area contributed by atoms with E-state index < -0.39 is 5.97 Å². The molecule has 0 radical (unpaired) electrons. The zero-order valence-corrected chi connectivity index (χ0v) is 12.0. The second-order valence-corrected chi connectivity index (χ2v) is 4.43. The van der Waals surface area contributed by atoms with Crippen molar-refractivity contribution in [3.63, 3.8) is 0 Å². The van der Waals surface area contributed by atoms with Crippen LogP contribution in [0, 0.1) is 0 Å². The lowest BCUT2D eigenvalue weighted by molar-refractivity contribution is -0.137. The summed E-state index contributed by atoms with van der Waals surface area (Å²) >= 11 is 0. The molecule has 5 heteroatoms. The van der Waals surface area contributed by atoms with E-state index in [1.807, 2.05) is 30.3 Å². The van der Waals surface area contributed by atoms with Gasteiger partial charge < -0.3 is 19.5 Å². The summed E-state index contributed by atoms with van der Waals surface area (Å²) in [6.07, 6.45) is 0.816. The number of carboxylic acid groups (broad SMARTS) is 1. The fourth-order valence-electron chi connectivity index (χ4n) is 1.85. The van der Waals surface area contributed by atoms with Crippen molar-refractivity contribution in [2.45, 2.75) is 12.8 Å².